The minimum absolute atomic E-state index is 0.958. The van der Waals surface area contributed by atoms with Crippen molar-refractivity contribution in [3.63, 3.8) is 0 Å². The SMILES string of the molecule is c1ccc(-c2cc(-c3ccccc3)cc(-c3cccc(-c4cccc(-c5cc6ccccc6c(-c6cccc(-c7ccccc7)c6)n5)c4)c3)c2)cc1. The second-order valence-electron chi connectivity index (χ2n) is 13.2. The lowest BCUT2D eigenvalue weighted by Gasteiger charge is -2.13. The van der Waals surface area contributed by atoms with Crippen LogP contribution < -0.4 is 0 Å². The number of pyridine rings is 1. The van der Waals surface area contributed by atoms with Gasteiger partial charge in [-0.3, -0.25) is 0 Å². The summed E-state index contributed by atoms with van der Waals surface area (Å²) < 4.78 is 0. The fourth-order valence-electron chi connectivity index (χ4n) is 7.17. The van der Waals surface area contributed by atoms with E-state index < -0.39 is 0 Å². The summed E-state index contributed by atoms with van der Waals surface area (Å²) in [5, 5.41) is 2.32. The van der Waals surface area contributed by atoms with Gasteiger partial charge in [0.2, 0.25) is 0 Å². The van der Waals surface area contributed by atoms with Gasteiger partial charge in [-0.1, -0.05) is 170 Å². The Hall–Kier alpha value is -6.83. The molecule has 0 aliphatic carbocycles. The van der Waals surface area contributed by atoms with E-state index in [0.29, 0.717) is 0 Å². The van der Waals surface area contributed by atoms with Crippen LogP contribution in [-0.2, 0) is 0 Å². The fourth-order valence-corrected chi connectivity index (χ4v) is 7.17. The first-order valence-electron chi connectivity index (χ1n) is 17.8. The normalized spacial score (nSPS) is 11.1. The molecule has 0 radical (unpaired) electrons. The highest BCUT2D eigenvalue weighted by molar-refractivity contribution is 5.97. The molecule has 1 aromatic heterocycles. The molecule has 8 aromatic carbocycles. The first kappa shape index (κ1) is 31.2. The zero-order valence-corrected chi connectivity index (χ0v) is 28.7. The molecule has 9 rings (SSSR count). The first-order valence-corrected chi connectivity index (χ1v) is 17.8. The van der Waals surface area contributed by atoms with Crippen LogP contribution in [0.1, 0.15) is 0 Å². The maximum Gasteiger partial charge on any atom is 0.0788 e. The van der Waals surface area contributed by atoms with Crippen molar-refractivity contribution < 1.29 is 0 Å². The summed E-state index contributed by atoms with van der Waals surface area (Å²) in [5.41, 5.74) is 16.1. The van der Waals surface area contributed by atoms with Gasteiger partial charge < -0.3 is 0 Å². The molecule has 1 heteroatoms. The van der Waals surface area contributed by atoms with Crippen molar-refractivity contribution in [1.82, 2.24) is 4.98 Å². The van der Waals surface area contributed by atoms with E-state index in [2.05, 4.69) is 212 Å². The summed E-state index contributed by atoms with van der Waals surface area (Å²) in [5.74, 6) is 0. The monoisotopic (exact) mass is 661 g/mol. The third-order valence-electron chi connectivity index (χ3n) is 9.82. The van der Waals surface area contributed by atoms with Crippen molar-refractivity contribution in [3.05, 3.63) is 212 Å². The lowest BCUT2D eigenvalue weighted by molar-refractivity contribution is 1.35. The smallest absolute Gasteiger partial charge is 0.0788 e. The second kappa shape index (κ2) is 13.8. The minimum Gasteiger partial charge on any atom is -0.247 e. The van der Waals surface area contributed by atoms with E-state index in [1.165, 1.54) is 55.5 Å². The van der Waals surface area contributed by atoms with E-state index in [1.54, 1.807) is 0 Å². The van der Waals surface area contributed by atoms with Crippen LogP contribution in [0.25, 0.3) is 88.9 Å². The van der Waals surface area contributed by atoms with Crippen LogP contribution in [0.3, 0.4) is 0 Å². The number of hydrogen-bond donors (Lipinski definition) is 0. The molecular weight excluding hydrogens is 627 g/mol. The Morgan fingerprint density at radius 1 is 0.231 bits per heavy atom. The molecule has 0 aliphatic heterocycles. The zero-order chi connectivity index (χ0) is 34.7. The number of rotatable bonds is 7. The molecule has 0 unspecified atom stereocenters. The molecular formula is C51H35N. The Bertz CT molecular complexity index is 2600. The molecule has 0 fully saturated rings. The Kier molecular flexibility index (Phi) is 8.29. The highest BCUT2D eigenvalue weighted by Crippen LogP contribution is 2.37. The molecule has 9 aromatic rings. The van der Waals surface area contributed by atoms with Gasteiger partial charge >= 0.3 is 0 Å². The van der Waals surface area contributed by atoms with Crippen LogP contribution in [0.4, 0.5) is 0 Å². The summed E-state index contributed by atoms with van der Waals surface area (Å²) in [6.07, 6.45) is 0. The fraction of sp³-hybridized carbons (Fsp3) is 0. The summed E-state index contributed by atoms with van der Waals surface area (Å²) in [6, 6.07) is 75.9. The summed E-state index contributed by atoms with van der Waals surface area (Å²) >= 11 is 0. The van der Waals surface area contributed by atoms with Crippen LogP contribution >= 0.6 is 0 Å². The van der Waals surface area contributed by atoms with Gasteiger partial charge in [0.05, 0.1) is 11.4 Å². The van der Waals surface area contributed by atoms with Gasteiger partial charge in [-0.15, -0.1) is 0 Å². The molecule has 1 heterocycles. The highest BCUT2D eigenvalue weighted by atomic mass is 14.7. The minimum atomic E-state index is 0.958. The van der Waals surface area contributed by atoms with Crippen molar-refractivity contribution in [2.75, 3.05) is 0 Å². The number of aromatic nitrogens is 1. The van der Waals surface area contributed by atoms with Crippen LogP contribution in [0.15, 0.2) is 212 Å². The quantitative estimate of drug-likeness (QED) is 0.166. The van der Waals surface area contributed by atoms with E-state index in [9.17, 15) is 0 Å². The Labute approximate surface area is 305 Å². The van der Waals surface area contributed by atoms with Crippen LogP contribution in [0.2, 0.25) is 0 Å². The van der Waals surface area contributed by atoms with Crippen LogP contribution in [-0.4, -0.2) is 4.98 Å². The number of nitrogens with zero attached hydrogens (tertiary/aromatic N) is 1. The number of fused-ring (bicyclic) bond motifs is 1. The average molecular weight is 662 g/mol. The Morgan fingerprint density at radius 2 is 0.577 bits per heavy atom. The Balaban J connectivity index is 1.12. The molecule has 52 heavy (non-hydrogen) atoms. The van der Waals surface area contributed by atoms with Crippen molar-refractivity contribution >= 4 is 10.8 Å². The van der Waals surface area contributed by atoms with Gasteiger partial charge in [0, 0.05) is 16.5 Å². The largest absolute Gasteiger partial charge is 0.247 e. The maximum absolute atomic E-state index is 5.35. The van der Waals surface area contributed by atoms with Gasteiger partial charge in [-0.2, -0.15) is 0 Å². The molecule has 244 valence electrons. The van der Waals surface area contributed by atoms with E-state index in [-0.39, 0.29) is 0 Å². The first-order chi connectivity index (χ1) is 25.7. The van der Waals surface area contributed by atoms with Crippen molar-refractivity contribution in [2.45, 2.75) is 0 Å². The Morgan fingerprint density at radius 3 is 1.15 bits per heavy atom. The molecule has 0 bridgehead atoms. The molecule has 0 aliphatic rings. The predicted molar refractivity (Wildman–Crippen MR) is 220 cm³/mol. The maximum atomic E-state index is 5.35. The van der Waals surface area contributed by atoms with Crippen LogP contribution in [0.5, 0.6) is 0 Å². The van der Waals surface area contributed by atoms with Gasteiger partial charge in [0.25, 0.3) is 0 Å². The van der Waals surface area contributed by atoms with E-state index >= 15 is 0 Å². The average Bonchev–Trinajstić information content (AvgIpc) is 3.24. The molecule has 0 amide bonds. The van der Waals surface area contributed by atoms with E-state index in [0.717, 1.165) is 33.5 Å². The molecule has 1 nitrogen and oxygen atoms in total. The molecule has 0 N–H and O–H groups in total. The number of hydrogen-bond acceptors (Lipinski definition) is 1. The summed E-state index contributed by atoms with van der Waals surface area (Å²) in [7, 11) is 0. The lowest BCUT2D eigenvalue weighted by atomic mass is 9.92. The third kappa shape index (κ3) is 6.33. The van der Waals surface area contributed by atoms with Gasteiger partial charge in [0.1, 0.15) is 0 Å². The van der Waals surface area contributed by atoms with Gasteiger partial charge in [0.15, 0.2) is 0 Å². The van der Waals surface area contributed by atoms with Gasteiger partial charge in [-0.25, -0.2) is 4.98 Å². The van der Waals surface area contributed by atoms with Crippen molar-refractivity contribution in [1.29, 1.82) is 0 Å². The van der Waals surface area contributed by atoms with Crippen LogP contribution in [0, 0.1) is 0 Å². The zero-order valence-electron chi connectivity index (χ0n) is 28.7. The predicted octanol–water partition coefficient (Wildman–Crippen LogP) is 13.9. The van der Waals surface area contributed by atoms with Gasteiger partial charge in [-0.05, 0) is 103 Å². The molecule has 0 saturated heterocycles. The second-order valence-corrected chi connectivity index (χ2v) is 13.2. The third-order valence-corrected chi connectivity index (χ3v) is 9.82. The topological polar surface area (TPSA) is 12.9 Å². The highest BCUT2D eigenvalue weighted by Gasteiger charge is 2.13. The number of benzene rings is 8. The lowest BCUT2D eigenvalue weighted by Crippen LogP contribution is -1.92. The van der Waals surface area contributed by atoms with E-state index in [1.807, 2.05) is 0 Å². The van der Waals surface area contributed by atoms with E-state index in [4.69, 9.17) is 4.98 Å². The molecule has 0 spiro atoms. The standard InChI is InChI=1S/C51H35N/c1-4-15-36(16-5-1)39-22-14-27-45(31-39)51-49-28-11-10-21-43(49)35-50(52-51)44-26-13-24-41(30-44)40-23-12-25-42(29-40)48-33-46(37-17-6-2-7-18-37)32-47(34-48)38-19-8-3-9-20-38/h1-35H. The molecule has 0 saturated carbocycles. The van der Waals surface area contributed by atoms with Crippen molar-refractivity contribution in [3.8, 4) is 78.1 Å². The molecule has 0 atom stereocenters. The van der Waals surface area contributed by atoms with Crippen molar-refractivity contribution in [2.24, 2.45) is 0 Å². The summed E-state index contributed by atoms with van der Waals surface area (Å²) in [6.45, 7) is 0. The summed E-state index contributed by atoms with van der Waals surface area (Å²) in [4.78, 5) is 5.35.